The summed E-state index contributed by atoms with van der Waals surface area (Å²) in [7, 11) is 1.79. The molecule has 110 valence electrons. The number of benzene rings is 1. The van der Waals surface area contributed by atoms with Gasteiger partial charge in [0.2, 0.25) is 0 Å². The Morgan fingerprint density at radius 2 is 2.15 bits per heavy atom. The third-order valence-corrected chi connectivity index (χ3v) is 4.04. The van der Waals surface area contributed by atoms with Gasteiger partial charge in [0.15, 0.2) is 5.84 Å². The Morgan fingerprint density at radius 3 is 2.75 bits per heavy atom. The quantitative estimate of drug-likeness (QED) is 0.380. The number of hydrogen-bond donors (Lipinski definition) is 2. The van der Waals surface area contributed by atoms with Gasteiger partial charge in [-0.1, -0.05) is 36.3 Å². The van der Waals surface area contributed by atoms with Crippen molar-refractivity contribution in [3.05, 3.63) is 35.4 Å². The van der Waals surface area contributed by atoms with Crippen molar-refractivity contribution in [2.45, 2.75) is 26.0 Å². The molecule has 0 bridgehead atoms. The molecule has 3 N–H and O–H groups in total. The molecule has 1 aromatic carbocycles. The van der Waals surface area contributed by atoms with E-state index in [2.05, 4.69) is 17.0 Å². The molecule has 0 saturated carbocycles. The minimum atomic E-state index is 0.141. The molecule has 1 aromatic rings. The van der Waals surface area contributed by atoms with Crippen LogP contribution < -0.4 is 5.73 Å². The van der Waals surface area contributed by atoms with Crippen molar-refractivity contribution in [2.24, 2.45) is 16.8 Å². The van der Waals surface area contributed by atoms with Gasteiger partial charge >= 0.3 is 0 Å². The Labute approximate surface area is 120 Å². The average molecular weight is 277 g/mol. The first kappa shape index (κ1) is 14.8. The number of likely N-dealkylation sites (tertiary alicyclic amines) is 1. The first-order chi connectivity index (χ1) is 9.63. The van der Waals surface area contributed by atoms with Gasteiger partial charge in [-0.25, -0.2) is 0 Å². The largest absolute Gasteiger partial charge is 0.409 e. The SMILES string of the molecule is COC1CN(Cc2ccc(/C(N)=N/O)cc2)CCC1C. The van der Waals surface area contributed by atoms with Crippen molar-refractivity contribution in [3.63, 3.8) is 0 Å². The summed E-state index contributed by atoms with van der Waals surface area (Å²) in [4.78, 5) is 2.41. The molecule has 0 radical (unpaired) electrons. The van der Waals surface area contributed by atoms with Crippen LogP contribution in [0.3, 0.4) is 0 Å². The van der Waals surface area contributed by atoms with Gasteiger partial charge in [-0.15, -0.1) is 0 Å². The molecule has 1 saturated heterocycles. The molecule has 5 nitrogen and oxygen atoms in total. The van der Waals surface area contributed by atoms with Gasteiger partial charge in [-0.2, -0.15) is 0 Å². The number of amidine groups is 1. The van der Waals surface area contributed by atoms with Crippen LogP contribution >= 0.6 is 0 Å². The summed E-state index contributed by atoms with van der Waals surface area (Å²) in [5, 5.41) is 11.6. The Balaban J connectivity index is 1.96. The van der Waals surface area contributed by atoms with E-state index < -0.39 is 0 Å². The normalized spacial score (nSPS) is 24.8. The number of piperidine rings is 1. The van der Waals surface area contributed by atoms with Crippen molar-refractivity contribution >= 4 is 5.84 Å². The van der Waals surface area contributed by atoms with Crippen molar-refractivity contribution in [3.8, 4) is 0 Å². The molecule has 2 atom stereocenters. The molecular formula is C15H23N3O2. The van der Waals surface area contributed by atoms with Crippen molar-refractivity contribution in [2.75, 3.05) is 20.2 Å². The van der Waals surface area contributed by atoms with Crippen LogP contribution in [-0.2, 0) is 11.3 Å². The van der Waals surface area contributed by atoms with Gasteiger partial charge in [0.25, 0.3) is 0 Å². The highest BCUT2D eigenvalue weighted by Gasteiger charge is 2.25. The second-order valence-electron chi connectivity index (χ2n) is 5.46. The highest BCUT2D eigenvalue weighted by molar-refractivity contribution is 5.96. The van der Waals surface area contributed by atoms with Crippen LogP contribution in [0.4, 0.5) is 0 Å². The van der Waals surface area contributed by atoms with Crippen LogP contribution in [0.5, 0.6) is 0 Å². The maximum atomic E-state index is 8.64. The number of hydrogen-bond acceptors (Lipinski definition) is 4. The Morgan fingerprint density at radius 1 is 1.45 bits per heavy atom. The maximum Gasteiger partial charge on any atom is 0.170 e. The number of oxime groups is 1. The predicted octanol–water partition coefficient (Wildman–Crippen LogP) is 1.64. The monoisotopic (exact) mass is 277 g/mol. The molecule has 0 aliphatic carbocycles. The van der Waals surface area contributed by atoms with Crippen molar-refractivity contribution < 1.29 is 9.94 Å². The topological polar surface area (TPSA) is 71.1 Å². The molecule has 2 rings (SSSR count). The minimum absolute atomic E-state index is 0.141. The number of ether oxygens (including phenoxy) is 1. The Hall–Kier alpha value is -1.59. The zero-order chi connectivity index (χ0) is 14.5. The number of rotatable bonds is 4. The van der Waals surface area contributed by atoms with Gasteiger partial charge in [0.05, 0.1) is 6.10 Å². The van der Waals surface area contributed by atoms with E-state index in [1.54, 1.807) is 7.11 Å². The van der Waals surface area contributed by atoms with E-state index in [0.717, 1.165) is 25.2 Å². The lowest BCUT2D eigenvalue weighted by molar-refractivity contribution is -0.00744. The number of methoxy groups -OCH3 is 1. The number of nitrogens with two attached hydrogens (primary N) is 1. The van der Waals surface area contributed by atoms with E-state index in [-0.39, 0.29) is 5.84 Å². The molecule has 1 fully saturated rings. The highest BCUT2D eigenvalue weighted by Crippen LogP contribution is 2.21. The van der Waals surface area contributed by atoms with Gasteiger partial charge in [-0.3, -0.25) is 4.90 Å². The third-order valence-electron chi connectivity index (χ3n) is 4.04. The molecule has 2 unspecified atom stereocenters. The van der Waals surface area contributed by atoms with Crippen LogP contribution in [-0.4, -0.2) is 42.2 Å². The second-order valence-corrected chi connectivity index (χ2v) is 5.46. The van der Waals surface area contributed by atoms with Gasteiger partial charge in [0.1, 0.15) is 0 Å². The van der Waals surface area contributed by atoms with Crippen LogP contribution in [0.2, 0.25) is 0 Å². The predicted molar refractivity (Wildman–Crippen MR) is 78.8 cm³/mol. The van der Waals surface area contributed by atoms with Crippen molar-refractivity contribution in [1.82, 2.24) is 4.90 Å². The molecule has 1 aliphatic rings. The zero-order valence-corrected chi connectivity index (χ0v) is 12.1. The summed E-state index contributed by atoms with van der Waals surface area (Å²) in [5.74, 6) is 0.766. The Bertz CT molecular complexity index is 459. The summed E-state index contributed by atoms with van der Waals surface area (Å²) in [6.07, 6.45) is 1.49. The van der Waals surface area contributed by atoms with Crippen molar-refractivity contribution in [1.29, 1.82) is 0 Å². The highest BCUT2D eigenvalue weighted by atomic mass is 16.5. The lowest BCUT2D eigenvalue weighted by Crippen LogP contribution is -2.43. The molecule has 0 amide bonds. The first-order valence-corrected chi connectivity index (χ1v) is 6.96. The van der Waals surface area contributed by atoms with Crippen LogP contribution in [0.1, 0.15) is 24.5 Å². The lowest BCUT2D eigenvalue weighted by Gasteiger charge is -2.36. The van der Waals surface area contributed by atoms with Gasteiger partial charge in [-0.05, 0) is 24.4 Å². The summed E-state index contributed by atoms with van der Waals surface area (Å²) < 4.78 is 5.53. The second kappa shape index (κ2) is 6.72. The smallest absolute Gasteiger partial charge is 0.170 e. The lowest BCUT2D eigenvalue weighted by atomic mass is 9.95. The zero-order valence-electron chi connectivity index (χ0n) is 12.1. The average Bonchev–Trinajstić information content (AvgIpc) is 2.49. The van der Waals surface area contributed by atoms with Crippen LogP contribution in [0, 0.1) is 5.92 Å². The van der Waals surface area contributed by atoms with E-state index in [1.165, 1.54) is 12.0 Å². The molecule has 1 aliphatic heterocycles. The number of nitrogens with zero attached hydrogens (tertiary/aromatic N) is 2. The maximum absolute atomic E-state index is 8.64. The summed E-state index contributed by atoms with van der Waals surface area (Å²) in [6, 6.07) is 7.80. The molecule has 5 heteroatoms. The van der Waals surface area contributed by atoms with E-state index >= 15 is 0 Å². The fourth-order valence-electron chi connectivity index (χ4n) is 2.65. The van der Waals surface area contributed by atoms with E-state index in [0.29, 0.717) is 12.0 Å². The van der Waals surface area contributed by atoms with E-state index in [4.69, 9.17) is 15.7 Å². The summed E-state index contributed by atoms with van der Waals surface area (Å²) >= 11 is 0. The van der Waals surface area contributed by atoms with Gasteiger partial charge < -0.3 is 15.7 Å². The minimum Gasteiger partial charge on any atom is -0.409 e. The van der Waals surface area contributed by atoms with Crippen LogP contribution in [0.15, 0.2) is 29.4 Å². The molecule has 1 heterocycles. The standard InChI is InChI=1S/C15H23N3O2/c1-11-7-8-18(10-14(11)20-2)9-12-3-5-13(6-4-12)15(16)17-19/h3-6,11,14,19H,7-10H2,1-2H3,(H2,16,17). The van der Waals surface area contributed by atoms with E-state index in [1.807, 2.05) is 24.3 Å². The van der Waals surface area contributed by atoms with Gasteiger partial charge in [0, 0.05) is 25.8 Å². The van der Waals surface area contributed by atoms with Crippen LogP contribution in [0.25, 0.3) is 0 Å². The fraction of sp³-hybridized carbons (Fsp3) is 0.533. The molecule has 0 aromatic heterocycles. The first-order valence-electron chi connectivity index (χ1n) is 6.96. The molecule has 20 heavy (non-hydrogen) atoms. The summed E-state index contributed by atoms with van der Waals surface area (Å²) in [5.41, 5.74) is 7.51. The molecule has 0 spiro atoms. The van der Waals surface area contributed by atoms with E-state index in [9.17, 15) is 0 Å². The summed E-state index contributed by atoms with van der Waals surface area (Å²) in [6.45, 7) is 5.23. The fourth-order valence-corrected chi connectivity index (χ4v) is 2.65. The Kier molecular flexibility index (Phi) is 4.98. The third kappa shape index (κ3) is 3.49. The molecular weight excluding hydrogens is 254 g/mol.